The van der Waals surface area contributed by atoms with Gasteiger partial charge in [-0.15, -0.1) is 11.8 Å². The standard InChI is InChI=1S/C26H21F7N2O4S/c1-4-16(24(36)35-23-21(29)19(27)18(26(31,32)33)20(28)22(23)30)40-13-8-5-7-12(11-13)34-25(37)17-14(38-2)9-6-10-15(17)39-3/h5-11,16H,4H2,1-3H3,(H,34,37)(H,35,36). The van der Waals surface area contributed by atoms with Crippen LogP contribution in [-0.4, -0.2) is 31.3 Å². The first-order valence-electron chi connectivity index (χ1n) is 11.4. The summed E-state index contributed by atoms with van der Waals surface area (Å²) in [4.78, 5) is 26.1. The normalized spacial score (nSPS) is 12.1. The Balaban J connectivity index is 1.81. The third kappa shape index (κ3) is 6.43. The fourth-order valence-corrected chi connectivity index (χ4v) is 4.61. The van der Waals surface area contributed by atoms with Crippen molar-refractivity contribution in [1.29, 1.82) is 0 Å². The maximum absolute atomic E-state index is 14.2. The Morgan fingerprint density at radius 3 is 1.93 bits per heavy atom. The molecule has 14 heteroatoms. The molecule has 0 aliphatic heterocycles. The number of hydrogen-bond acceptors (Lipinski definition) is 5. The monoisotopic (exact) mass is 590 g/mol. The van der Waals surface area contributed by atoms with E-state index in [1.807, 2.05) is 0 Å². The second kappa shape index (κ2) is 12.5. The second-order valence-electron chi connectivity index (χ2n) is 8.03. The van der Waals surface area contributed by atoms with Crippen molar-refractivity contribution in [2.24, 2.45) is 0 Å². The van der Waals surface area contributed by atoms with Crippen LogP contribution in [0.3, 0.4) is 0 Å². The van der Waals surface area contributed by atoms with Crippen molar-refractivity contribution in [3.05, 3.63) is 76.9 Å². The molecule has 214 valence electrons. The van der Waals surface area contributed by atoms with Crippen LogP contribution in [0.5, 0.6) is 11.5 Å². The highest BCUT2D eigenvalue weighted by molar-refractivity contribution is 8.00. The first kappa shape index (κ1) is 30.6. The quantitative estimate of drug-likeness (QED) is 0.159. The maximum Gasteiger partial charge on any atom is 0.422 e. The molecule has 1 unspecified atom stereocenters. The predicted octanol–water partition coefficient (Wildman–Crippen LogP) is 7.04. The van der Waals surface area contributed by atoms with E-state index < -0.39 is 57.8 Å². The molecule has 6 nitrogen and oxygen atoms in total. The van der Waals surface area contributed by atoms with Crippen molar-refractivity contribution in [1.82, 2.24) is 0 Å². The molecule has 40 heavy (non-hydrogen) atoms. The zero-order valence-electron chi connectivity index (χ0n) is 21.0. The van der Waals surface area contributed by atoms with Crippen LogP contribution < -0.4 is 20.1 Å². The van der Waals surface area contributed by atoms with Crippen molar-refractivity contribution >= 4 is 35.0 Å². The van der Waals surface area contributed by atoms with Crippen LogP contribution >= 0.6 is 11.8 Å². The van der Waals surface area contributed by atoms with E-state index in [4.69, 9.17) is 9.47 Å². The van der Waals surface area contributed by atoms with Crippen LogP contribution in [0.1, 0.15) is 29.3 Å². The van der Waals surface area contributed by atoms with Gasteiger partial charge in [-0.1, -0.05) is 19.1 Å². The number of halogens is 7. The SMILES string of the molecule is CCC(Sc1cccc(NC(=O)c2c(OC)cccc2OC)c1)C(=O)Nc1c(F)c(F)c(C(F)(F)F)c(F)c1F. The Morgan fingerprint density at radius 2 is 1.43 bits per heavy atom. The van der Waals surface area contributed by atoms with Crippen molar-refractivity contribution in [2.45, 2.75) is 29.7 Å². The van der Waals surface area contributed by atoms with Gasteiger partial charge in [0.2, 0.25) is 5.91 Å². The highest BCUT2D eigenvalue weighted by Gasteiger charge is 2.42. The van der Waals surface area contributed by atoms with Crippen LogP contribution in [-0.2, 0) is 11.0 Å². The van der Waals surface area contributed by atoms with E-state index in [1.54, 1.807) is 41.7 Å². The molecule has 2 amide bonds. The summed E-state index contributed by atoms with van der Waals surface area (Å²) in [5.41, 5.74) is -4.01. The van der Waals surface area contributed by atoms with E-state index in [0.717, 1.165) is 11.8 Å². The van der Waals surface area contributed by atoms with Crippen LogP contribution in [0.15, 0.2) is 47.4 Å². The van der Waals surface area contributed by atoms with Gasteiger partial charge in [-0.25, -0.2) is 17.6 Å². The minimum Gasteiger partial charge on any atom is -0.496 e. The molecule has 0 aliphatic carbocycles. The molecule has 0 aromatic heterocycles. The van der Waals surface area contributed by atoms with Gasteiger partial charge in [0.25, 0.3) is 5.91 Å². The van der Waals surface area contributed by atoms with Crippen molar-refractivity contribution in [3.63, 3.8) is 0 Å². The zero-order valence-corrected chi connectivity index (χ0v) is 21.8. The number of carbonyl (C=O) groups is 2. The number of alkyl halides is 3. The summed E-state index contributed by atoms with van der Waals surface area (Å²) in [6.45, 7) is 1.53. The van der Waals surface area contributed by atoms with Crippen molar-refractivity contribution < 1.29 is 49.8 Å². The molecule has 0 fully saturated rings. The average Bonchev–Trinajstić information content (AvgIpc) is 2.91. The summed E-state index contributed by atoms with van der Waals surface area (Å²) < 4.78 is 105. The summed E-state index contributed by atoms with van der Waals surface area (Å²) in [6.07, 6.45) is -5.67. The Labute approximate surface area is 227 Å². The van der Waals surface area contributed by atoms with E-state index in [1.165, 1.54) is 27.2 Å². The number of rotatable bonds is 9. The smallest absolute Gasteiger partial charge is 0.422 e. The Bertz CT molecular complexity index is 1380. The number of anilines is 2. The van der Waals surface area contributed by atoms with Gasteiger partial charge in [-0.05, 0) is 36.8 Å². The minimum atomic E-state index is -5.71. The van der Waals surface area contributed by atoms with E-state index >= 15 is 0 Å². The topological polar surface area (TPSA) is 76.7 Å². The Kier molecular flexibility index (Phi) is 9.56. The molecule has 3 rings (SSSR count). The first-order valence-corrected chi connectivity index (χ1v) is 12.2. The van der Waals surface area contributed by atoms with Gasteiger partial charge >= 0.3 is 6.18 Å². The lowest BCUT2D eigenvalue weighted by Crippen LogP contribution is -2.27. The third-order valence-corrected chi connectivity index (χ3v) is 6.84. The number of benzene rings is 3. The maximum atomic E-state index is 14.2. The van der Waals surface area contributed by atoms with E-state index in [0.29, 0.717) is 10.6 Å². The van der Waals surface area contributed by atoms with E-state index in [9.17, 15) is 40.3 Å². The molecule has 2 N–H and O–H groups in total. The van der Waals surface area contributed by atoms with Gasteiger partial charge < -0.3 is 20.1 Å². The number of ether oxygens (including phenoxy) is 2. The number of methoxy groups -OCH3 is 2. The number of thioether (sulfide) groups is 1. The summed E-state index contributed by atoms with van der Waals surface area (Å²) in [5.74, 6) is -11.3. The summed E-state index contributed by atoms with van der Waals surface area (Å²) in [5, 5.41) is 3.21. The lowest BCUT2D eigenvalue weighted by molar-refractivity contribution is -0.143. The molecular formula is C26H21F7N2O4S. The number of hydrogen-bond donors (Lipinski definition) is 2. The summed E-state index contributed by atoms with van der Waals surface area (Å²) >= 11 is 0.871. The molecule has 0 saturated carbocycles. The summed E-state index contributed by atoms with van der Waals surface area (Å²) in [7, 11) is 2.76. The van der Waals surface area contributed by atoms with Crippen LogP contribution in [0.25, 0.3) is 0 Å². The second-order valence-corrected chi connectivity index (χ2v) is 9.30. The van der Waals surface area contributed by atoms with Gasteiger partial charge in [-0.3, -0.25) is 9.59 Å². The third-order valence-electron chi connectivity index (χ3n) is 5.48. The van der Waals surface area contributed by atoms with Gasteiger partial charge in [0.15, 0.2) is 23.3 Å². The predicted molar refractivity (Wildman–Crippen MR) is 134 cm³/mol. The zero-order chi connectivity index (χ0) is 29.8. The molecule has 3 aromatic rings. The van der Waals surface area contributed by atoms with Crippen LogP contribution in [0, 0.1) is 23.3 Å². The number of carbonyl (C=O) groups excluding carboxylic acids is 2. The summed E-state index contributed by atoms with van der Waals surface area (Å²) in [6, 6.07) is 10.9. The van der Waals surface area contributed by atoms with Gasteiger partial charge in [0, 0.05) is 10.6 Å². The Morgan fingerprint density at radius 1 is 0.875 bits per heavy atom. The number of amides is 2. The van der Waals surface area contributed by atoms with E-state index in [2.05, 4.69) is 5.32 Å². The minimum absolute atomic E-state index is 0.0420. The molecule has 1 atom stereocenters. The Hall–Kier alpha value is -3.94. The van der Waals surface area contributed by atoms with Crippen molar-refractivity contribution in [2.75, 3.05) is 24.9 Å². The van der Waals surface area contributed by atoms with Gasteiger partial charge in [0.05, 0.1) is 19.5 Å². The fraction of sp³-hybridized carbons (Fsp3) is 0.231. The molecule has 0 aliphatic rings. The average molecular weight is 591 g/mol. The molecular weight excluding hydrogens is 569 g/mol. The molecule has 0 saturated heterocycles. The van der Waals surface area contributed by atoms with E-state index in [-0.39, 0.29) is 23.5 Å². The molecule has 0 radical (unpaired) electrons. The lowest BCUT2D eigenvalue weighted by Gasteiger charge is -2.18. The van der Waals surface area contributed by atoms with Crippen molar-refractivity contribution in [3.8, 4) is 11.5 Å². The molecule has 0 spiro atoms. The number of nitrogens with one attached hydrogen (secondary N) is 2. The highest BCUT2D eigenvalue weighted by atomic mass is 32.2. The molecule has 0 bridgehead atoms. The molecule has 3 aromatic carbocycles. The van der Waals surface area contributed by atoms with Gasteiger partial charge in [-0.2, -0.15) is 13.2 Å². The van der Waals surface area contributed by atoms with Crippen LogP contribution in [0.2, 0.25) is 0 Å². The van der Waals surface area contributed by atoms with Gasteiger partial charge in [0.1, 0.15) is 28.3 Å². The largest absolute Gasteiger partial charge is 0.496 e. The highest BCUT2D eigenvalue weighted by Crippen LogP contribution is 2.39. The molecule has 0 heterocycles. The van der Waals surface area contributed by atoms with Crippen LogP contribution in [0.4, 0.5) is 42.1 Å². The first-order chi connectivity index (χ1) is 18.8. The lowest BCUT2D eigenvalue weighted by atomic mass is 10.1. The fourth-order valence-electron chi connectivity index (χ4n) is 3.60.